The van der Waals surface area contributed by atoms with E-state index in [0.717, 1.165) is 18.4 Å². The smallest absolute Gasteiger partial charge is 0.296 e. The number of nitro benzene ring substituents is 1. The molecule has 7 heteroatoms. The van der Waals surface area contributed by atoms with Gasteiger partial charge in [0.05, 0.1) is 29.6 Å². The predicted octanol–water partition coefficient (Wildman–Crippen LogP) is 4.84. The molecule has 0 aromatic heterocycles. The Morgan fingerprint density at radius 2 is 1.66 bits per heavy atom. The third-order valence-electron chi connectivity index (χ3n) is 4.94. The SMILES string of the molecule is CCCOc1cc(NC(=O)C2(c3ccccc3)CC2)c([N+](=O)[O-])cc1OCCC. The summed E-state index contributed by atoms with van der Waals surface area (Å²) in [7, 11) is 0. The van der Waals surface area contributed by atoms with Crippen molar-refractivity contribution in [2.24, 2.45) is 0 Å². The number of hydrogen-bond donors (Lipinski definition) is 1. The van der Waals surface area contributed by atoms with Gasteiger partial charge in [0.25, 0.3) is 5.69 Å². The minimum absolute atomic E-state index is 0.122. The van der Waals surface area contributed by atoms with E-state index in [1.165, 1.54) is 12.1 Å². The number of nitrogens with one attached hydrogen (secondary N) is 1. The van der Waals surface area contributed by atoms with Crippen molar-refractivity contribution in [2.75, 3.05) is 18.5 Å². The molecule has 154 valence electrons. The van der Waals surface area contributed by atoms with E-state index in [0.29, 0.717) is 37.6 Å². The Bertz CT molecular complexity index is 878. The van der Waals surface area contributed by atoms with Crippen LogP contribution in [0.1, 0.15) is 45.1 Å². The van der Waals surface area contributed by atoms with Crippen molar-refractivity contribution < 1.29 is 19.2 Å². The molecule has 0 atom stereocenters. The van der Waals surface area contributed by atoms with Crippen molar-refractivity contribution >= 4 is 17.3 Å². The number of carbonyl (C=O) groups excluding carboxylic acids is 1. The molecular formula is C22H26N2O5. The summed E-state index contributed by atoms with van der Waals surface area (Å²) in [5.74, 6) is 0.468. The second-order valence-corrected chi connectivity index (χ2v) is 7.17. The molecule has 3 rings (SSSR count). The molecule has 1 amide bonds. The Morgan fingerprint density at radius 1 is 1.07 bits per heavy atom. The monoisotopic (exact) mass is 398 g/mol. The molecule has 0 spiro atoms. The van der Waals surface area contributed by atoms with E-state index in [1.54, 1.807) is 0 Å². The molecule has 0 saturated heterocycles. The van der Waals surface area contributed by atoms with E-state index in [4.69, 9.17) is 9.47 Å². The minimum atomic E-state index is -0.628. The summed E-state index contributed by atoms with van der Waals surface area (Å²) in [6, 6.07) is 12.3. The molecule has 2 aromatic rings. The lowest BCUT2D eigenvalue weighted by Gasteiger charge is -2.18. The van der Waals surface area contributed by atoms with Crippen LogP contribution in [-0.2, 0) is 10.2 Å². The summed E-state index contributed by atoms with van der Waals surface area (Å²) < 4.78 is 11.4. The van der Waals surface area contributed by atoms with Crippen molar-refractivity contribution in [3.8, 4) is 11.5 Å². The van der Waals surface area contributed by atoms with Crippen LogP contribution in [0.4, 0.5) is 11.4 Å². The average molecular weight is 398 g/mol. The van der Waals surface area contributed by atoms with Crippen LogP contribution in [0.25, 0.3) is 0 Å². The van der Waals surface area contributed by atoms with Crippen LogP contribution in [0.15, 0.2) is 42.5 Å². The molecule has 1 aliphatic rings. The largest absolute Gasteiger partial charge is 0.490 e. The van der Waals surface area contributed by atoms with Crippen molar-refractivity contribution in [3.63, 3.8) is 0 Å². The number of anilines is 1. The van der Waals surface area contributed by atoms with E-state index in [2.05, 4.69) is 5.32 Å². The molecule has 0 unspecified atom stereocenters. The molecule has 0 radical (unpaired) electrons. The zero-order chi connectivity index (χ0) is 20.9. The summed E-state index contributed by atoms with van der Waals surface area (Å²) in [6.45, 7) is 4.79. The van der Waals surface area contributed by atoms with Gasteiger partial charge in [0.15, 0.2) is 11.5 Å². The lowest BCUT2D eigenvalue weighted by molar-refractivity contribution is -0.384. The quantitative estimate of drug-likeness (QED) is 0.457. The molecule has 0 aliphatic heterocycles. The minimum Gasteiger partial charge on any atom is -0.490 e. The fourth-order valence-corrected chi connectivity index (χ4v) is 3.22. The maximum Gasteiger partial charge on any atom is 0.296 e. The molecule has 2 aromatic carbocycles. The summed E-state index contributed by atoms with van der Waals surface area (Å²) >= 11 is 0. The summed E-state index contributed by atoms with van der Waals surface area (Å²) in [5, 5.41) is 14.4. The number of rotatable bonds is 10. The average Bonchev–Trinajstić information content (AvgIpc) is 3.54. The van der Waals surface area contributed by atoms with E-state index in [-0.39, 0.29) is 17.3 Å². The van der Waals surface area contributed by atoms with Crippen LogP contribution >= 0.6 is 0 Å². The standard InChI is InChI=1S/C22H26N2O5/c1-3-12-28-19-14-17(18(24(26)27)15-20(19)29-13-4-2)23-21(25)22(10-11-22)16-8-6-5-7-9-16/h5-9,14-15H,3-4,10-13H2,1-2H3,(H,23,25). The topological polar surface area (TPSA) is 90.7 Å². The Balaban J connectivity index is 1.92. The Kier molecular flexibility index (Phi) is 6.36. The molecule has 1 fully saturated rings. The molecular weight excluding hydrogens is 372 g/mol. The van der Waals surface area contributed by atoms with Gasteiger partial charge < -0.3 is 14.8 Å². The second kappa shape index (κ2) is 8.94. The maximum atomic E-state index is 13.0. The van der Waals surface area contributed by atoms with E-state index in [9.17, 15) is 14.9 Å². The molecule has 1 N–H and O–H groups in total. The van der Waals surface area contributed by atoms with Crippen LogP contribution < -0.4 is 14.8 Å². The van der Waals surface area contributed by atoms with Gasteiger partial charge >= 0.3 is 0 Å². The van der Waals surface area contributed by atoms with Gasteiger partial charge in [-0.3, -0.25) is 14.9 Å². The van der Waals surface area contributed by atoms with Gasteiger partial charge in [0.1, 0.15) is 5.69 Å². The number of hydrogen-bond acceptors (Lipinski definition) is 5. The van der Waals surface area contributed by atoms with Crippen LogP contribution in [0.5, 0.6) is 11.5 Å². The Hall–Kier alpha value is -3.09. The van der Waals surface area contributed by atoms with Gasteiger partial charge in [-0.05, 0) is 31.2 Å². The molecule has 29 heavy (non-hydrogen) atoms. The van der Waals surface area contributed by atoms with Crippen molar-refractivity contribution in [3.05, 3.63) is 58.1 Å². The third-order valence-corrected chi connectivity index (χ3v) is 4.94. The number of nitrogens with zero attached hydrogens (tertiary/aromatic N) is 1. The normalized spacial score (nSPS) is 14.1. The summed E-state index contributed by atoms with van der Waals surface area (Å²) in [5.41, 5.74) is 0.205. The number of benzene rings is 2. The zero-order valence-corrected chi connectivity index (χ0v) is 16.8. The van der Waals surface area contributed by atoms with Gasteiger partial charge in [-0.15, -0.1) is 0 Å². The number of carbonyl (C=O) groups is 1. The Labute approximate surface area is 170 Å². The number of nitro groups is 1. The second-order valence-electron chi connectivity index (χ2n) is 7.17. The highest BCUT2D eigenvalue weighted by Gasteiger charge is 2.51. The Morgan fingerprint density at radius 3 is 2.17 bits per heavy atom. The van der Waals surface area contributed by atoms with Gasteiger partial charge in [0, 0.05) is 6.07 Å². The summed E-state index contributed by atoms with van der Waals surface area (Å²) in [6.07, 6.45) is 2.98. The highest BCUT2D eigenvalue weighted by Crippen LogP contribution is 2.49. The highest BCUT2D eigenvalue weighted by molar-refractivity contribution is 6.03. The highest BCUT2D eigenvalue weighted by atomic mass is 16.6. The van der Waals surface area contributed by atoms with Crippen molar-refractivity contribution in [1.29, 1.82) is 0 Å². The van der Waals surface area contributed by atoms with E-state index < -0.39 is 10.3 Å². The van der Waals surface area contributed by atoms with E-state index in [1.807, 2.05) is 44.2 Å². The van der Waals surface area contributed by atoms with Gasteiger partial charge in [-0.25, -0.2) is 0 Å². The van der Waals surface area contributed by atoms with Crippen molar-refractivity contribution in [1.82, 2.24) is 0 Å². The van der Waals surface area contributed by atoms with Crippen LogP contribution in [0.2, 0.25) is 0 Å². The number of ether oxygens (including phenoxy) is 2. The first-order chi connectivity index (χ1) is 14.0. The predicted molar refractivity (Wildman–Crippen MR) is 111 cm³/mol. The fourth-order valence-electron chi connectivity index (χ4n) is 3.22. The van der Waals surface area contributed by atoms with Gasteiger partial charge in [-0.2, -0.15) is 0 Å². The molecule has 1 saturated carbocycles. The van der Waals surface area contributed by atoms with Gasteiger partial charge in [-0.1, -0.05) is 44.2 Å². The fraction of sp³-hybridized carbons (Fsp3) is 0.409. The molecule has 1 aliphatic carbocycles. The number of amides is 1. The maximum absolute atomic E-state index is 13.0. The summed E-state index contributed by atoms with van der Waals surface area (Å²) in [4.78, 5) is 24.2. The zero-order valence-electron chi connectivity index (χ0n) is 16.8. The lowest BCUT2D eigenvalue weighted by Crippen LogP contribution is -2.28. The molecule has 7 nitrogen and oxygen atoms in total. The van der Waals surface area contributed by atoms with Crippen molar-refractivity contribution in [2.45, 2.75) is 44.9 Å². The first-order valence-corrected chi connectivity index (χ1v) is 9.97. The van der Waals surface area contributed by atoms with E-state index >= 15 is 0 Å². The van der Waals surface area contributed by atoms with Crippen LogP contribution in [0.3, 0.4) is 0 Å². The van der Waals surface area contributed by atoms with Crippen LogP contribution in [-0.4, -0.2) is 24.0 Å². The van der Waals surface area contributed by atoms with Crippen LogP contribution in [0, 0.1) is 10.1 Å². The first-order valence-electron chi connectivity index (χ1n) is 9.97. The molecule has 0 bridgehead atoms. The molecule has 0 heterocycles. The third kappa shape index (κ3) is 4.50. The lowest BCUT2D eigenvalue weighted by atomic mass is 9.95. The first kappa shape index (κ1) is 20.6. The van der Waals surface area contributed by atoms with Gasteiger partial charge in [0.2, 0.25) is 5.91 Å².